The predicted molar refractivity (Wildman–Crippen MR) is 102 cm³/mol. The second kappa shape index (κ2) is 7.17. The number of aromatic nitrogens is 1. The van der Waals surface area contributed by atoms with Gasteiger partial charge in [0.05, 0.1) is 12.0 Å². The lowest BCUT2D eigenvalue weighted by molar-refractivity contribution is -0.142. The van der Waals surface area contributed by atoms with Gasteiger partial charge in [0.2, 0.25) is 0 Å². The molecular weight excluding hydrogens is 364 g/mol. The van der Waals surface area contributed by atoms with Crippen LogP contribution in [-0.2, 0) is 22.5 Å². The van der Waals surface area contributed by atoms with Gasteiger partial charge < -0.3 is 14.4 Å². The second-order valence-corrected chi connectivity index (χ2v) is 9.64. The molecule has 7 heteroatoms. The molecule has 1 heterocycles. The van der Waals surface area contributed by atoms with Gasteiger partial charge in [-0.2, -0.15) is 4.99 Å². The van der Waals surface area contributed by atoms with Crippen molar-refractivity contribution in [1.29, 1.82) is 0 Å². The number of carbonyl (C=O) groups excluding carboxylic acids is 1. The van der Waals surface area contributed by atoms with Crippen LogP contribution in [0.25, 0.3) is 0 Å². The van der Waals surface area contributed by atoms with Crippen LogP contribution in [0.2, 0.25) is 0 Å². The summed E-state index contributed by atoms with van der Waals surface area (Å²) in [4.78, 5) is 30.9. The summed E-state index contributed by atoms with van der Waals surface area (Å²) < 4.78 is 6.81. The molecule has 4 fully saturated rings. The maximum atomic E-state index is 13.3. The molecule has 6 nitrogen and oxygen atoms in total. The number of aromatic carboxylic acids is 1. The number of aryl methyl sites for hydroxylation is 1. The van der Waals surface area contributed by atoms with Crippen LogP contribution in [0.5, 0.6) is 0 Å². The van der Waals surface area contributed by atoms with Gasteiger partial charge in [0, 0.05) is 18.5 Å². The van der Waals surface area contributed by atoms with Crippen molar-refractivity contribution < 1.29 is 19.4 Å². The Morgan fingerprint density at radius 3 is 2.30 bits per heavy atom. The van der Waals surface area contributed by atoms with Crippen molar-refractivity contribution in [3.05, 3.63) is 15.4 Å². The fraction of sp³-hybridized carbons (Fsp3) is 0.750. The van der Waals surface area contributed by atoms with Gasteiger partial charge >= 0.3 is 5.97 Å². The topological polar surface area (TPSA) is 80.9 Å². The Morgan fingerprint density at radius 2 is 1.81 bits per heavy atom. The van der Waals surface area contributed by atoms with Gasteiger partial charge in [-0.3, -0.25) is 4.79 Å². The molecular formula is C20H28N2O4S. The van der Waals surface area contributed by atoms with E-state index in [0.717, 1.165) is 24.1 Å². The van der Waals surface area contributed by atoms with Gasteiger partial charge in [-0.25, -0.2) is 4.79 Å². The van der Waals surface area contributed by atoms with Crippen molar-refractivity contribution >= 4 is 23.2 Å². The van der Waals surface area contributed by atoms with Crippen LogP contribution >= 0.6 is 11.3 Å². The standard InChI is InChI=1S/C20H28N2O4S/c1-3-15-16(17(23)24)22(4-5-26-2)19(27-15)21-18(25)20-9-12-6-13(10-20)8-14(7-12)11-20/h12-14H,3-11H2,1-2H3,(H,23,24). The number of carbonyl (C=O) groups is 2. The first-order valence-corrected chi connectivity index (χ1v) is 10.8. The molecule has 0 spiro atoms. The van der Waals surface area contributed by atoms with Crippen LogP contribution in [0.4, 0.5) is 0 Å². The van der Waals surface area contributed by atoms with Crippen molar-refractivity contribution in [2.24, 2.45) is 28.2 Å². The fourth-order valence-electron chi connectivity index (χ4n) is 5.99. The van der Waals surface area contributed by atoms with Crippen molar-refractivity contribution in [2.45, 2.75) is 58.4 Å². The molecule has 27 heavy (non-hydrogen) atoms. The summed E-state index contributed by atoms with van der Waals surface area (Å²) in [6, 6.07) is 0. The third-order valence-electron chi connectivity index (χ3n) is 6.71. The van der Waals surface area contributed by atoms with E-state index in [1.165, 1.54) is 30.6 Å². The van der Waals surface area contributed by atoms with E-state index in [1.54, 1.807) is 11.7 Å². The SMILES string of the molecule is CCc1sc(=NC(=O)C23CC4CC(CC(C4)C2)C3)n(CCOC)c1C(=O)O. The summed E-state index contributed by atoms with van der Waals surface area (Å²) in [6.45, 7) is 2.71. The molecule has 4 bridgehead atoms. The van der Waals surface area contributed by atoms with Crippen LogP contribution in [0.3, 0.4) is 0 Å². The van der Waals surface area contributed by atoms with Crippen LogP contribution < -0.4 is 4.80 Å². The minimum atomic E-state index is -0.970. The lowest BCUT2D eigenvalue weighted by atomic mass is 9.49. The number of thiazole rings is 1. The van der Waals surface area contributed by atoms with Gasteiger partial charge in [0.25, 0.3) is 5.91 Å². The largest absolute Gasteiger partial charge is 0.477 e. The van der Waals surface area contributed by atoms with Crippen molar-refractivity contribution in [3.8, 4) is 0 Å². The Kier molecular flexibility index (Phi) is 5.01. The lowest BCUT2D eigenvalue weighted by Gasteiger charge is -2.55. The maximum Gasteiger partial charge on any atom is 0.353 e. The molecule has 1 aromatic heterocycles. The summed E-state index contributed by atoms with van der Waals surface area (Å²) in [5.41, 5.74) is -0.0512. The minimum Gasteiger partial charge on any atom is -0.477 e. The highest BCUT2D eigenvalue weighted by Crippen LogP contribution is 2.60. The highest BCUT2D eigenvalue weighted by molar-refractivity contribution is 7.09. The zero-order valence-electron chi connectivity index (χ0n) is 16.1. The predicted octanol–water partition coefficient (Wildman–Crippen LogP) is 3.10. The Balaban J connectivity index is 1.73. The number of carboxylic acids is 1. The summed E-state index contributed by atoms with van der Waals surface area (Å²) >= 11 is 1.34. The van der Waals surface area contributed by atoms with E-state index >= 15 is 0 Å². The summed E-state index contributed by atoms with van der Waals surface area (Å²) in [7, 11) is 1.59. The zero-order chi connectivity index (χ0) is 19.2. The summed E-state index contributed by atoms with van der Waals surface area (Å²) in [5, 5.41) is 9.67. The lowest BCUT2D eigenvalue weighted by Crippen LogP contribution is -2.50. The molecule has 5 rings (SSSR count). The minimum absolute atomic E-state index is 0.0198. The Labute approximate surface area is 163 Å². The van der Waals surface area contributed by atoms with Crippen molar-refractivity contribution in [2.75, 3.05) is 13.7 Å². The molecule has 1 aromatic rings. The average Bonchev–Trinajstić information content (AvgIpc) is 2.96. The van der Waals surface area contributed by atoms with Crippen molar-refractivity contribution in [3.63, 3.8) is 0 Å². The van der Waals surface area contributed by atoms with Crippen LogP contribution in [-0.4, -0.2) is 35.3 Å². The van der Waals surface area contributed by atoms with E-state index in [0.29, 0.717) is 42.1 Å². The maximum absolute atomic E-state index is 13.3. The smallest absolute Gasteiger partial charge is 0.353 e. The van der Waals surface area contributed by atoms with E-state index < -0.39 is 5.97 Å². The van der Waals surface area contributed by atoms with E-state index in [1.807, 2.05) is 6.92 Å². The van der Waals surface area contributed by atoms with Gasteiger partial charge in [-0.1, -0.05) is 6.92 Å². The van der Waals surface area contributed by atoms with Gasteiger partial charge in [0.1, 0.15) is 5.69 Å². The highest BCUT2D eigenvalue weighted by Gasteiger charge is 2.54. The van der Waals surface area contributed by atoms with Gasteiger partial charge in [-0.15, -0.1) is 11.3 Å². The molecule has 0 aliphatic heterocycles. The summed E-state index contributed by atoms with van der Waals surface area (Å²) in [6.07, 6.45) is 7.36. The molecule has 4 saturated carbocycles. The number of carboxylic acid groups (broad SMARTS) is 1. The van der Waals surface area contributed by atoms with Gasteiger partial charge in [-0.05, 0) is 62.7 Å². The second-order valence-electron chi connectivity index (χ2n) is 8.57. The molecule has 0 atom stereocenters. The Hall–Kier alpha value is -1.47. The number of hydrogen-bond acceptors (Lipinski definition) is 4. The third kappa shape index (κ3) is 3.29. The molecule has 0 unspecified atom stereocenters. The normalized spacial score (nSPS) is 32.2. The first-order chi connectivity index (χ1) is 13.0. The first-order valence-electron chi connectivity index (χ1n) is 9.99. The number of rotatable bonds is 6. The number of amides is 1. The van der Waals surface area contributed by atoms with Crippen molar-refractivity contribution in [1.82, 2.24) is 4.57 Å². The van der Waals surface area contributed by atoms with Gasteiger partial charge in [0.15, 0.2) is 4.80 Å². The molecule has 1 N–H and O–H groups in total. The molecule has 148 valence electrons. The first kappa shape index (κ1) is 18.9. The molecule has 0 radical (unpaired) electrons. The Morgan fingerprint density at radius 1 is 1.22 bits per heavy atom. The van der Waals surface area contributed by atoms with E-state index in [-0.39, 0.29) is 17.0 Å². The number of nitrogens with zero attached hydrogens (tertiary/aromatic N) is 2. The zero-order valence-corrected chi connectivity index (χ0v) is 16.9. The Bertz CT molecular complexity index is 787. The molecule has 4 aliphatic rings. The van der Waals surface area contributed by atoms with Crippen LogP contribution in [0, 0.1) is 23.2 Å². The van der Waals surface area contributed by atoms with E-state index in [9.17, 15) is 14.7 Å². The quantitative estimate of drug-likeness (QED) is 0.807. The molecule has 4 aliphatic carbocycles. The molecule has 0 aromatic carbocycles. The third-order valence-corrected chi connectivity index (χ3v) is 7.93. The number of methoxy groups -OCH3 is 1. The molecule has 0 saturated heterocycles. The molecule has 1 amide bonds. The highest BCUT2D eigenvalue weighted by atomic mass is 32.1. The van der Waals surface area contributed by atoms with Crippen LogP contribution in [0.1, 0.15) is 60.8 Å². The van der Waals surface area contributed by atoms with E-state index in [2.05, 4.69) is 4.99 Å². The number of ether oxygens (including phenoxy) is 1. The monoisotopic (exact) mass is 392 g/mol. The fourth-order valence-corrected chi connectivity index (χ4v) is 7.07. The summed E-state index contributed by atoms with van der Waals surface area (Å²) in [5.74, 6) is 1.05. The van der Waals surface area contributed by atoms with Crippen LogP contribution in [0.15, 0.2) is 4.99 Å². The van der Waals surface area contributed by atoms with E-state index in [4.69, 9.17) is 4.74 Å². The number of hydrogen-bond donors (Lipinski definition) is 1. The average molecular weight is 393 g/mol.